The number of benzene rings is 3. The lowest BCUT2D eigenvalue weighted by molar-refractivity contribution is -0.144. The molecule has 0 bridgehead atoms. The first kappa shape index (κ1) is 60.5. The Balaban J connectivity index is 1.14. The quantitative estimate of drug-likeness (QED) is 0.0941. The number of likely N-dealkylation sites (tertiary alicyclic amines) is 2. The standard InChI is InChI=1S/C60H83N11O9/c1-33(61-10)51(73)68-49(59(4,5)6)57(79)70-31-41(29-47(70)55(77)66-45-24-16-20-36-18-12-14-22-43(36)45)64-53(75)38-26-39(28-40(27-38)63-35(3)72)54(76)65-42-30-48(56(78)67-46-25-17-21-37-19-13-15-23-44(37)46)71(32-42)58(80)50(60(7,8)9)69-52(74)34(2)62-11/h12-15,18-19,22-23,26-28,33-34,41-42,45-50,61-62H,16-17,20-21,24-25,29-32H2,1-11H3,(H,63,72)(H,64,75)(H,65,76)(H,66,77)(H,67,78)(H,68,73)(H,69,74). The molecule has 0 radical (unpaired) electrons. The van der Waals surface area contributed by atoms with Crippen LogP contribution in [0.25, 0.3) is 0 Å². The maximum absolute atomic E-state index is 14.8. The molecule has 20 nitrogen and oxygen atoms in total. The summed E-state index contributed by atoms with van der Waals surface area (Å²) in [6, 6.07) is 12.5. The molecule has 10 atom stereocenters. The molecular weight excluding hydrogens is 1020 g/mol. The Morgan fingerprint density at radius 1 is 0.550 bits per heavy atom. The van der Waals surface area contributed by atoms with Crippen molar-refractivity contribution in [3.05, 3.63) is 100 Å². The van der Waals surface area contributed by atoms with Gasteiger partial charge in [0.2, 0.25) is 41.4 Å². The third-order valence-electron chi connectivity index (χ3n) is 16.0. The van der Waals surface area contributed by atoms with E-state index < -0.39 is 112 Å². The summed E-state index contributed by atoms with van der Waals surface area (Å²) in [5, 5.41) is 26.7. The second-order valence-corrected chi connectivity index (χ2v) is 24.2. The number of aryl methyl sites for hydroxylation is 2. The van der Waals surface area contributed by atoms with Gasteiger partial charge in [-0.3, -0.25) is 43.2 Å². The van der Waals surface area contributed by atoms with E-state index in [9.17, 15) is 43.2 Å². The minimum Gasteiger partial charge on any atom is -0.347 e. The summed E-state index contributed by atoms with van der Waals surface area (Å²) in [4.78, 5) is 130. The monoisotopic (exact) mass is 1100 g/mol. The van der Waals surface area contributed by atoms with Crippen molar-refractivity contribution < 1.29 is 43.2 Å². The first-order valence-electron chi connectivity index (χ1n) is 28.1. The van der Waals surface area contributed by atoms with E-state index in [0.717, 1.165) is 47.9 Å². The highest BCUT2D eigenvalue weighted by atomic mass is 16.2. The van der Waals surface area contributed by atoms with E-state index >= 15 is 0 Å². The number of hydrogen-bond acceptors (Lipinski definition) is 11. The average Bonchev–Trinajstić information content (AvgIpc) is 4.06. The molecule has 10 unspecified atom stereocenters. The minimum absolute atomic E-state index is 0.0142. The third kappa shape index (κ3) is 14.4. The molecule has 2 aliphatic heterocycles. The van der Waals surface area contributed by atoms with Gasteiger partial charge < -0.3 is 57.7 Å². The number of carbonyl (C=O) groups excluding carboxylic acids is 9. The molecule has 9 amide bonds. The van der Waals surface area contributed by atoms with Crippen LogP contribution < -0.4 is 47.9 Å². The predicted molar refractivity (Wildman–Crippen MR) is 304 cm³/mol. The maximum Gasteiger partial charge on any atom is 0.251 e. The first-order valence-corrected chi connectivity index (χ1v) is 28.1. The van der Waals surface area contributed by atoms with E-state index in [2.05, 4.69) is 47.9 Å². The van der Waals surface area contributed by atoms with Gasteiger partial charge in [-0.15, -0.1) is 0 Å². The van der Waals surface area contributed by atoms with Crippen molar-refractivity contribution in [1.29, 1.82) is 0 Å². The van der Waals surface area contributed by atoms with Gasteiger partial charge in [0.25, 0.3) is 11.8 Å². The van der Waals surface area contributed by atoms with Gasteiger partial charge in [-0.05, 0) is 131 Å². The number of nitrogens with one attached hydrogen (secondary N) is 9. The number of amides is 9. The van der Waals surface area contributed by atoms with Crippen LogP contribution in [-0.2, 0) is 46.4 Å². The second-order valence-electron chi connectivity index (χ2n) is 24.2. The van der Waals surface area contributed by atoms with Crippen LogP contribution in [0.1, 0.15) is 156 Å². The van der Waals surface area contributed by atoms with Gasteiger partial charge in [0, 0.05) is 48.9 Å². The number of fused-ring (bicyclic) bond motifs is 2. The molecule has 7 rings (SSSR count). The first-order chi connectivity index (χ1) is 37.8. The molecule has 2 saturated heterocycles. The van der Waals surface area contributed by atoms with Crippen molar-refractivity contribution >= 4 is 58.9 Å². The maximum atomic E-state index is 14.8. The van der Waals surface area contributed by atoms with E-state index in [0.29, 0.717) is 12.8 Å². The molecule has 3 aromatic rings. The Morgan fingerprint density at radius 3 is 1.30 bits per heavy atom. The fourth-order valence-corrected chi connectivity index (χ4v) is 11.3. The lowest BCUT2D eigenvalue weighted by atomic mass is 9.85. The van der Waals surface area contributed by atoms with Gasteiger partial charge >= 0.3 is 0 Å². The molecule has 0 aromatic heterocycles. The highest BCUT2D eigenvalue weighted by Gasteiger charge is 2.48. The number of nitrogens with zero attached hydrogens (tertiary/aromatic N) is 2. The average molecular weight is 1100 g/mol. The molecule has 2 heterocycles. The molecule has 432 valence electrons. The van der Waals surface area contributed by atoms with Crippen LogP contribution in [0.5, 0.6) is 0 Å². The van der Waals surface area contributed by atoms with Crippen LogP contribution in [0.2, 0.25) is 0 Å². The second kappa shape index (κ2) is 25.5. The van der Waals surface area contributed by atoms with E-state index in [-0.39, 0.29) is 54.8 Å². The largest absolute Gasteiger partial charge is 0.347 e. The fourth-order valence-electron chi connectivity index (χ4n) is 11.3. The van der Waals surface area contributed by atoms with Crippen LogP contribution in [0.4, 0.5) is 5.69 Å². The van der Waals surface area contributed by atoms with E-state index in [1.54, 1.807) is 27.9 Å². The predicted octanol–water partition coefficient (Wildman–Crippen LogP) is 3.71. The Morgan fingerprint density at radius 2 is 0.938 bits per heavy atom. The van der Waals surface area contributed by atoms with Crippen molar-refractivity contribution in [2.24, 2.45) is 10.8 Å². The highest BCUT2D eigenvalue weighted by Crippen LogP contribution is 2.34. The van der Waals surface area contributed by atoms with Crippen molar-refractivity contribution in [3.63, 3.8) is 0 Å². The van der Waals surface area contributed by atoms with Crippen LogP contribution in [0.15, 0.2) is 66.7 Å². The van der Waals surface area contributed by atoms with Gasteiger partial charge in [-0.1, -0.05) is 90.1 Å². The summed E-state index contributed by atoms with van der Waals surface area (Å²) in [5.74, 6) is -4.37. The van der Waals surface area contributed by atoms with Crippen molar-refractivity contribution in [3.8, 4) is 0 Å². The van der Waals surface area contributed by atoms with Crippen molar-refractivity contribution in [2.45, 2.75) is 174 Å². The summed E-state index contributed by atoms with van der Waals surface area (Å²) in [6.45, 7) is 15.4. The molecular formula is C60H83N11O9. The lowest BCUT2D eigenvalue weighted by Crippen LogP contribution is -2.59. The normalized spacial score (nSPS) is 22.2. The van der Waals surface area contributed by atoms with E-state index in [1.165, 1.54) is 34.9 Å². The van der Waals surface area contributed by atoms with Gasteiger partial charge in [0.05, 0.1) is 24.2 Å². The summed E-state index contributed by atoms with van der Waals surface area (Å²) in [5.41, 5.74) is 2.82. The fraction of sp³-hybridized carbons (Fsp3) is 0.550. The highest BCUT2D eigenvalue weighted by molar-refractivity contribution is 6.03. The molecule has 2 fully saturated rings. The molecule has 20 heteroatoms. The SMILES string of the molecule is CNC(C)C(=O)NC(C(=O)N1CC(NC(=O)c2cc(NC(C)=O)cc(C(=O)NC3CC(C(=O)NC4CCCc5ccccc54)N(C(=O)C(NC(=O)C(C)NC)C(C)(C)C)C3)c2)CC1C(=O)NC1CCCc2ccccc21)C(C)(C)C. The molecule has 9 N–H and O–H groups in total. The van der Waals surface area contributed by atoms with Crippen molar-refractivity contribution in [2.75, 3.05) is 32.5 Å². The number of rotatable bonds is 17. The Bertz CT molecular complexity index is 2660. The number of likely N-dealkylation sites (N-methyl/N-ethyl adjacent to an activating group) is 2. The molecule has 4 aliphatic rings. The smallest absolute Gasteiger partial charge is 0.251 e. The zero-order valence-corrected chi connectivity index (χ0v) is 48.3. The Kier molecular flexibility index (Phi) is 19.3. The van der Waals surface area contributed by atoms with Crippen LogP contribution >= 0.6 is 0 Å². The zero-order chi connectivity index (χ0) is 58.4. The minimum atomic E-state index is -1.04. The number of hydrogen-bond donors (Lipinski definition) is 9. The molecule has 3 aromatic carbocycles. The van der Waals surface area contributed by atoms with Gasteiger partial charge in [-0.2, -0.15) is 0 Å². The Labute approximate surface area is 470 Å². The van der Waals surface area contributed by atoms with Crippen LogP contribution in [0, 0.1) is 10.8 Å². The summed E-state index contributed by atoms with van der Waals surface area (Å²) < 4.78 is 0. The molecule has 0 saturated carbocycles. The molecule has 2 aliphatic carbocycles. The van der Waals surface area contributed by atoms with Gasteiger partial charge in [0.15, 0.2) is 0 Å². The topological polar surface area (TPSA) is 268 Å². The zero-order valence-electron chi connectivity index (χ0n) is 48.3. The lowest BCUT2D eigenvalue weighted by Gasteiger charge is -2.36. The van der Waals surface area contributed by atoms with Crippen LogP contribution in [0.3, 0.4) is 0 Å². The molecule has 80 heavy (non-hydrogen) atoms. The summed E-state index contributed by atoms with van der Waals surface area (Å²) >= 11 is 0. The number of carbonyl (C=O) groups is 9. The van der Waals surface area contributed by atoms with E-state index in [1.807, 2.05) is 90.1 Å². The van der Waals surface area contributed by atoms with Crippen molar-refractivity contribution in [1.82, 2.24) is 52.3 Å². The summed E-state index contributed by atoms with van der Waals surface area (Å²) in [6.07, 6.45) is 4.92. The van der Waals surface area contributed by atoms with E-state index in [4.69, 9.17) is 0 Å². The van der Waals surface area contributed by atoms with Crippen LogP contribution in [-0.4, -0.2) is 138 Å². The summed E-state index contributed by atoms with van der Waals surface area (Å²) in [7, 11) is 3.28. The third-order valence-corrected chi connectivity index (χ3v) is 16.0. The Hall–Kier alpha value is -7.19. The molecule has 0 spiro atoms. The van der Waals surface area contributed by atoms with Gasteiger partial charge in [-0.25, -0.2) is 0 Å². The van der Waals surface area contributed by atoms with Gasteiger partial charge in [0.1, 0.15) is 24.2 Å². The number of anilines is 1.